The van der Waals surface area contributed by atoms with Crippen molar-refractivity contribution in [1.82, 2.24) is 4.72 Å². The Labute approximate surface area is 127 Å². The second-order valence-electron chi connectivity index (χ2n) is 6.05. The number of hydrogen-bond donors (Lipinski definition) is 2. The van der Waals surface area contributed by atoms with Crippen molar-refractivity contribution in [3.05, 3.63) is 24.3 Å². The molecule has 0 spiro atoms. The molecule has 0 radical (unpaired) electrons. The van der Waals surface area contributed by atoms with Crippen LogP contribution in [0.15, 0.2) is 29.2 Å². The molecule has 2 rings (SSSR count). The van der Waals surface area contributed by atoms with Crippen LogP contribution < -0.4 is 9.62 Å². The number of anilines is 1. The van der Waals surface area contributed by atoms with Crippen molar-refractivity contribution >= 4 is 15.7 Å². The Morgan fingerprint density at radius 1 is 1.29 bits per heavy atom. The lowest BCUT2D eigenvalue weighted by Crippen LogP contribution is -2.42. The standard InChI is InChI=1S/C15H24N2O3S/c1-11(2)16-21(19,20)14-6-4-13(5-7-14)17-9-8-12(3)15(18)10-17/h4-7,11-12,15-16,18H,8-10H2,1-3H3. The van der Waals surface area contributed by atoms with Gasteiger partial charge in [0.15, 0.2) is 0 Å². The van der Waals surface area contributed by atoms with Crippen molar-refractivity contribution in [1.29, 1.82) is 0 Å². The number of rotatable bonds is 4. The van der Waals surface area contributed by atoms with Gasteiger partial charge in [-0.05, 0) is 50.5 Å². The second kappa shape index (κ2) is 6.34. The summed E-state index contributed by atoms with van der Waals surface area (Å²) >= 11 is 0. The van der Waals surface area contributed by atoms with Crippen LogP contribution in [0.3, 0.4) is 0 Å². The van der Waals surface area contributed by atoms with Gasteiger partial charge < -0.3 is 10.0 Å². The zero-order valence-electron chi connectivity index (χ0n) is 12.8. The van der Waals surface area contributed by atoms with Gasteiger partial charge in [-0.15, -0.1) is 0 Å². The lowest BCUT2D eigenvalue weighted by atomic mass is 9.96. The molecule has 1 fully saturated rings. The fourth-order valence-corrected chi connectivity index (χ4v) is 3.75. The highest BCUT2D eigenvalue weighted by Gasteiger charge is 2.24. The number of aliphatic hydroxyl groups excluding tert-OH is 1. The fraction of sp³-hybridized carbons (Fsp3) is 0.600. The van der Waals surface area contributed by atoms with Gasteiger partial charge in [0.05, 0.1) is 11.0 Å². The van der Waals surface area contributed by atoms with Gasteiger partial charge in [0.25, 0.3) is 0 Å². The van der Waals surface area contributed by atoms with Crippen molar-refractivity contribution in [3.8, 4) is 0 Å². The van der Waals surface area contributed by atoms with Gasteiger partial charge in [-0.25, -0.2) is 13.1 Å². The zero-order valence-corrected chi connectivity index (χ0v) is 13.6. The highest BCUT2D eigenvalue weighted by Crippen LogP contribution is 2.24. The number of nitrogens with one attached hydrogen (secondary N) is 1. The molecule has 1 aliphatic rings. The Morgan fingerprint density at radius 3 is 2.43 bits per heavy atom. The minimum absolute atomic E-state index is 0.131. The van der Waals surface area contributed by atoms with Crippen LogP contribution in [0.25, 0.3) is 0 Å². The normalized spacial score (nSPS) is 23.6. The van der Waals surface area contributed by atoms with Crippen molar-refractivity contribution in [2.75, 3.05) is 18.0 Å². The minimum Gasteiger partial charge on any atom is -0.391 e. The lowest BCUT2D eigenvalue weighted by Gasteiger charge is -2.35. The van der Waals surface area contributed by atoms with Crippen LogP contribution in [-0.2, 0) is 10.0 Å². The van der Waals surface area contributed by atoms with Gasteiger partial charge >= 0.3 is 0 Å². The van der Waals surface area contributed by atoms with Gasteiger partial charge in [-0.3, -0.25) is 0 Å². The topological polar surface area (TPSA) is 69.6 Å². The van der Waals surface area contributed by atoms with Crippen LogP contribution in [0.4, 0.5) is 5.69 Å². The predicted octanol–water partition coefficient (Wildman–Crippen LogP) is 1.58. The molecule has 0 aliphatic carbocycles. The fourth-order valence-electron chi connectivity index (χ4n) is 2.50. The summed E-state index contributed by atoms with van der Waals surface area (Å²) in [7, 11) is -3.44. The average molecular weight is 312 g/mol. The van der Waals surface area contributed by atoms with Crippen LogP contribution in [0.5, 0.6) is 0 Å². The first-order valence-electron chi connectivity index (χ1n) is 7.35. The van der Waals surface area contributed by atoms with E-state index in [2.05, 4.69) is 16.5 Å². The summed E-state index contributed by atoms with van der Waals surface area (Å²) in [5.74, 6) is 0.316. The van der Waals surface area contributed by atoms with Crippen molar-refractivity contribution < 1.29 is 13.5 Å². The summed E-state index contributed by atoms with van der Waals surface area (Å²) in [6.45, 7) is 7.12. The first-order valence-corrected chi connectivity index (χ1v) is 8.83. The van der Waals surface area contributed by atoms with E-state index in [0.717, 1.165) is 18.7 Å². The maximum atomic E-state index is 12.1. The molecule has 2 N–H and O–H groups in total. The van der Waals surface area contributed by atoms with Crippen LogP contribution in [0, 0.1) is 5.92 Å². The van der Waals surface area contributed by atoms with E-state index in [9.17, 15) is 13.5 Å². The molecule has 2 unspecified atom stereocenters. The van der Waals surface area contributed by atoms with Gasteiger partial charge in [0, 0.05) is 24.8 Å². The number of piperidine rings is 1. The smallest absolute Gasteiger partial charge is 0.240 e. The summed E-state index contributed by atoms with van der Waals surface area (Å²) in [4.78, 5) is 2.36. The molecule has 1 aromatic carbocycles. The molecule has 1 saturated heterocycles. The second-order valence-corrected chi connectivity index (χ2v) is 7.76. The molecule has 6 heteroatoms. The quantitative estimate of drug-likeness (QED) is 0.885. The summed E-state index contributed by atoms with van der Waals surface area (Å²) < 4.78 is 26.7. The monoisotopic (exact) mass is 312 g/mol. The zero-order chi connectivity index (χ0) is 15.6. The average Bonchev–Trinajstić information content (AvgIpc) is 2.41. The Balaban J connectivity index is 2.12. The minimum atomic E-state index is -3.44. The number of benzene rings is 1. The first kappa shape index (κ1) is 16.3. The van der Waals surface area contributed by atoms with Crippen molar-refractivity contribution in [3.63, 3.8) is 0 Å². The summed E-state index contributed by atoms with van der Waals surface area (Å²) in [5.41, 5.74) is 0.949. The molecule has 21 heavy (non-hydrogen) atoms. The molecule has 118 valence electrons. The molecule has 0 saturated carbocycles. The summed E-state index contributed by atoms with van der Waals surface area (Å²) in [6, 6.07) is 6.71. The maximum Gasteiger partial charge on any atom is 0.240 e. The molecule has 1 heterocycles. The van der Waals surface area contributed by atoms with E-state index in [1.165, 1.54) is 0 Å². The predicted molar refractivity (Wildman–Crippen MR) is 83.9 cm³/mol. The van der Waals surface area contributed by atoms with E-state index in [1.807, 2.05) is 0 Å². The molecule has 2 atom stereocenters. The molecule has 1 aromatic rings. The third-order valence-corrected chi connectivity index (χ3v) is 5.50. The van der Waals surface area contributed by atoms with E-state index in [1.54, 1.807) is 38.1 Å². The Morgan fingerprint density at radius 2 is 1.90 bits per heavy atom. The number of sulfonamides is 1. The first-order chi connectivity index (χ1) is 9.79. The Kier molecular flexibility index (Phi) is 4.91. The molecule has 0 bridgehead atoms. The number of β-amino-alcohol motifs (C(OH)–C–C–N with tert-alkyl or cyclic N) is 1. The van der Waals surface area contributed by atoms with Crippen LogP contribution in [0.2, 0.25) is 0 Å². The Bertz CT molecular complexity index is 569. The van der Waals surface area contributed by atoms with E-state index in [0.29, 0.717) is 12.5 Å². The van der Waals surface area contributed by atoms with Gasteiger partial charge in [-0.2, -0.15) is 0 Å². The molecular weight excluding hydrogens is 288 g/mol. The summed E-state index contributed by atoms with van der Waals surface area (Å²) in [6.07, 6.45) is 0.612. The third-order valence-electron chi connectivity index (χ3n) is 3.82. The van der Waals surface area contributed by atoms with Crippen molar-refractivity contribution in [2.24, 2.45) is 5.92 Å². The van der Waals surface area contributed by atoms with Gasteiger partial charge in [-0.1, -0.05) is 6.92 Å². The van der Waals surface area contributed by atoms with E-state index < -0.39 is 10.0 Å². The maximum absolute atomic E-state index is 12.1. The highest BCUT2D eigenvalue weighted by molar-refractivity contribution is 7.89. The summed E-state index contributed by atoms with van der Waals surface area (Å²) in [5, 5.41) is 9.94. The van der Waals surface area contributed by atoms with Crippen molar-refractivity contribution in [2.45, 2.75) is 44.2 Å². The number of aliphatic hydroxyl groups is 1. The van der Waals surface area contributed by atoms with E-state index in [-0.39, 0.29) is 17.0 Å². The Hall–Kier alpha value is -1.11. The van der Waals surface area contributed by atoms with E-state index >= 15 is 0 Å². The molecule has 5 nitrogen and oxygen atoms in total. The number of hydrogen-bond acceptors (Lipinski definition) is 4. The molecule has 1 aliphatic heterocycles. The molecule has 0 amide bonds. The largest absolute Gasteiger partial charge is 0.391 e. The lowest BCUT2D eigenvalue weighted by molar-refractivity contribution is 0.103. The van der Waals surface area contributed by atoms with Crippen LogP contribution in [0.1, 0.15) is 27.2 Å². The van der Waals surface area contributed by atoms with Crippen LogP contribution in [-0.4, -0.2) is 38.8 Å². The van der Waals surface area contributed by atoms with Crippen LogP contribution >= 0.6 is 0 Å². The number of nitrogens with zero attached hydrogens (tertiary/aromatic N) is 1. The van der Waals surface area contributed by atoms with E-state index in [4.69, 9.17) is 0 Å². The molecule has 0 aromatic heterocycles. The van der Waals surface area contributed by atoms with Gasteiger partial charge in [0.1, 0.15) is 0 Å². The highest BCUT2D eigenvalue weighted by atomic mass is 32.2. The molecular formula is C15H24N2O3S. The third kappa shape index (κ3) is 3.96. The SMILES string of the molecule is CC(C)NS(=O)(=O)c1ccc(N2CCC(C)C(O)C2)cc1. The van der Waals surface area contributed by atoms with Gasteiger partial charge in [0.2, 0.25) is 10.0 Å².